The molecule has 1 heterocycles. The highest BCUT2D eigenvalue weighted by Gasteiger charge is 2.41. The van der Waals surface area contributed by atoms with E-state index in [9.17, 15) is 14.4 Å². The van der Waals surface area contributed by atoms with Gasteiger partial charge in [-0.25, -0.2) is 4.79 Å². The Kier molecular flexibility index (Phi) is 5.81. The molecule has 24 heavy (non-hydrogen) atoms. The lowest BCUT2D eigenvalue weighted by Crippen LogP contribution is -2.42. The van der Waals surface area contributed by atoms with E-state index in [0.29, 0.717) is 12.4 Å². The summed E-state index contributed by atoms with van der Waals surface area (Å²) in [5.74, 6) is -0.461. The summed E-state index contributed by atoms with van der Waals surface area (Å²) in [5, 5.41) is -0.491. The van der Waals surface area contributed by atoms with Gasteiger partial charge in [-0.3, -0.25) is 14.5 Å². The van der Waals surface area contributed by atoms with Crippen molar-refractivity contribution in [2.75, 3.05) is 13.7 Å². The van der Waals surface area contributed by atoms with Gasteiger partial charge < -0.3 is 9.47 Å². The maximum absolute atomic E-state index is 12.4. The summed E-state index contributed by atoms with van der Waals surface area (Å²) in [5.41, 5.74) is 0.747. The molecular formula is C17H17NO5S. The summed E-state index contributed by atoms with van der Waals surface area (Å²) >= 11 is 0.797. The summed E-state index contributed by atoms with van der Waals surface area (Å²) in [6.07, 6.45) is 3.25. The number of hydrogen-bond acceptors (Lipinski definition) is 6. The normalized spacial score (nSPS) is 17.1. The molecule has 0 spiro atoms. The summed E-state index contributed by atoms with van der Waals surface area (Å²) in [7, 11) is 1.21. The van der Waals surface area contributed by atoms with Crippen molar-refractivity contribution >= 4 is 35.0 Å². The van der Waals surface area contributed by atoms with Crippen molar-refractivity contribution in [3.05, 3.63) is 47.4 Å². The molecule has 0 saturated carbocycles. The van der Waals surface area contributed by atoms with Gasteiger partial charge in [0.05, 0.1) is 12.0 Å². The molecule has 0 radical (unpaired) electrons. The van der Waals surface area contributed by atoms with Crippen LogP contribution >= 0.6 is 11.8 Å². The minimum Gasteiger partial charge on any atom is -0.490 e. The maximum Gasteiger partial charge on any atom is 0.328 e. The summed E-state index contributed by atoms with van der Waals surface area (Å²) in [4.78, 5) is 37.1. The van der Waals surface area contributed by atoms with Gasteiger partial charge in [-0.05, 0) is 42.5 Å². The van der Waals surface area contributed by atoms with Crippen molar-refractivity contribution in [2.45, 2.75) is 13.0 Å². The summed E-state index contributed by atoms with van der Waals surface area (Å²) < 4.78 is 9.97. The molecule has 7 heteroatoms. The quantitative estimate of drug-likeness (QED) is 0.448. The first-order valence-electron chi connectivity index (χ1n) is 7.16. The molecule has 0 N–H and O–H groups in total. The molecule has 1 atom stereocenters. The molecular weight excluding hydrogens is 330 g/mol. The summed E-state index contributed by atoms with van der Waals surface area (Å²) in [6, 6.07) is 6.11. The van der Waals surface area contributed by atoms with Crippen molar-refractivity contribution in [3.8, 4) is 5.75 Å². The first kappa shape index (κ1) is 17.8. The van der Waals surface area contributed by atoms with E-state index in [1.54, 1.807) is 36.4 Å². The van der Waals surface area contributed by atoms with Gasteiger partial charge in [-0.15, -0.1) is 0 Å². The van der Waals surface area contributed by atoms with Crippen LogP contribution in [0.5, 0.6) is 5.75 Å². The molecule has 126 valence electrons. The highest BCUT2D eigenvalue weighted by molar-refractivity contribution is 8.18. The molecule has 1 aromatic carbocycles. The zero-order valence-electron chi connectivity index (χ0n) is 13.4. The van der Waals surface area contributed by atoms with Crippen LogP contribution in [-0.2, 0) is 14.3 Å². The molecule has 1 aliphatic rings. The molecule has 0 aliphatic carbocycles. The lowest BCUT2D eigenvalue weighted by Gasteiger charge is -2.18. The number of carbonyl (C=O) groups is 3. The molecule has 2 rings (SSSR count). The predicted octanol–water partition coefficient (Wildman–Crippen LogP) is 2.85. The Hall–Kier alpha value is -2.54. The van der Waals surface area contributed by atoms with Gasteiger partial charge in [0.15, 0.2) is 0 Å². The van der Waals surface area contributed by atoms with E-state index in [0.717, 1.165) is 22.2 Å². The van der Waals surface area contributed by atoms with Gasteiger partial charge in [0, 0.05) is 0 Å². The van der Waals surface area contributed by atoms with Gasteiger partial charge in [0.25, 0.3) is 11.1 Å². The molecule has 1 saturated heterocycles. The molecule has 0 unspecified atom stereocenters. The molecule has 1 aliphatic heterocycles. The van der Waals surface area contributed by atoms with Gasteiger partial charge >= 0.3 is 5.97 Å². The van der Waals surface area contributed by atoms with Gasteiger partial charge in [-0.1, -0.05) is 24.8 Å². The van der Waals surface area contributed by atoms with E-state index >= 15 is 0 Å². The molecule has 1 aromatic rings. The zero-order chi connectivity index (χ0) is 17.7. The molecule has 1 fully saturated rings. The van der Waals surface area contributed by atoms with E-state index in [4.69, 9.17) is 4.74 Å². The smallest absolute Gasteiger partial charge is 0.328 e. The fraction of sp³-hybridized carbons (Fsp3) is 0.235. The largest absolute Gasteiger partial charge is 0.490 e. The third-order valence-electron chi connectivity index (χ3n) is 3.30. The van der Waals surface area contributed by atoms with E-state index in [-0.39, 0.29) is 4.91 Å². The standard InChI is InChI=1S/C17H17NO5S/c1-4-9-23-13-7-5-12(6-8-13)10-14-15(19)18(17(21)24-14)11(2)16(20)22-3/h4-8,10-11H,1,9H2,2-3H3/b14-10-/t11-/m0/s1. The number of rotatable bonds is 6. The Balaban J connectivity index is 2.16. The molecule has 2 amide bonds. The van der Waals surface area contributed by atoms with Crippen LogP contribution in [0.3, 0.4) is 0 Å². The summed E-state index contributed by atoms with van der Waals surface area (Å²) in [6.45, 7) is 5.43. The zero-order valence-corrected chi connectivity index (χ0v) is 14.2. The number of esters is 1. The van der Waals surface area contributed by atoms with Crippen LogP contribution in [0.15, 0.2) is 41.8 Å². The van der Waals surface area contributed by atoms with Crippen molar-refractivity contribution in [1.29, 1.82) is 0 Å². The minimum absolute atomic E-state index is 0.260. The monoisotopic (exact) mass is 347 g/mol. The van der Waals surface area contributed by atoms with E-state index in [1.807, 2.05) is 0 Å². The van der Waals surface area contributed by atoms with Crippen molar-refractivity contribution in [1.82, 2.24) is 4.90 Å². The third-order valence-corrected chi connectivity index (χ3v) is 4.18. The van der Waals surface area contributed by atoms with Crippen LogP contribution in [0.2, 0.25) is 0 Å². The minimum atomic E-state index is -0.955. The number of nitrogens with zero attached hydrogens (tertiary/aromatic N) is 1. The Bertz CT molecular complexity index is 695. The van der Waals surface area contributed by atoms with E-state index in [2.05, 4.69) is 11.3 Å². The average molecular weight is 347 g/mol. The van der Waals surface area contributed by atoms with Crippen LogP contribution in [-0.4, -0.2) is 41.8 Å². The number of imide groups is 1. The van der Waals surface area contributed by atoms with Crippen LogP contribution in [0.4, 0.5) is 4.79 Å². The number of ether oxygens (including phenoxy) is 2. The topological polar surface area (TPSA) is 72.9 Å². The van der Waals surface area contributed by atoms with Crippen molar-refractivity contribution < 1.29 is 23.9 Å². The van der Waals surface area contributed by atoms with Crippen LogP contribution in [0.25, 0.3) is 6.08 Å². The third kappa shape index (κ3) is 3.86. The van der Waals surface area contributed by atoms with Crippen molar-refractivity contribution in [3.63, 3.8) is 0 Å². The number of carbonyl (C=O) groups excluding carboxylic acids is 3. The SMILES string of the molecule is C=CCOc1ccc(/C=C2\SC(=O)N([C@@H](C)C(=O)OC)C2=O)cc1. The number of hydrogen-bond donors (Lipinski definition) is 0. The van der Waals surface area contributed by atoms with Crippen LogP contribution in [0, 0.1) is 0 Å². The second-order valence-corrected chi connectivity index (χ2v) is 5.91. The first-order valence-corrected chi connectivity index (χ1v) is 7.98. The van der Waals surface area contributed by atoms with E-state index < -0.39 is 23.2 Å². The Morgan fingerprint density at radius 3 is 2.58 bits per heavy atom. The van der Waals surface area contributed by atoms with Gasteiger partial charge in [0.1, 0.15) is 18.4 Å². The second-order valence-electron chi connectivity index (χ2n) is 4.92. The molecule has 6 nitrogen and oxygen atoms in total. The Labute approximate surface area is 144 Å². The number of methoxy groups -OCH3 is 1. The van der Waals surface area contributed by atoms with Crippen LogP contribution < -0.4 is 4.74 Å². The average Bonchev–Trinajstić information content (AvgIpc) is 2.86. The first-order chi connectivity index (χ1) is 11.5. The predicted molar refractivity (Wildman–Crippen MR) is 91.4 cm³/mol. The van der Waals surface area contributed by atoms with Crippen LogP contribution in [0.1, 0.15) is 12.5 Å². The lowest BCUT2D eigenvalue weighted by molar-refractivity contribution is -0.148. The molecule has 0 bridgehead atoms. The number of benzene rings is 1. The fourth-order valence-corrected chi connectivity index (χ4v) is 2.96. The maximum atomic E-state index is 12.4. The number of thioether (sulfide) groups is 1. The second kappa shape index (κ2) is 7.83. The molecule has 0 aromatic heterocycles. The fourth-order valence-electron chi connectivity index (χ4n) is 2.06. The van der Waals surface area contributed by atoms with Gasteiger partial charge in [-0.2, -0.15) is 0 Å². The van der Waals surface area contributed by atoms with Gasteiger partial charge in [0.2, 0.25) is 0 Å². The highest BCUT2D eigenvalue weighted by atomic mass is 32.2. The lowest BCUT2D eigenvalue weighted by atomic mass is 10.2. The number of amides is 2. The van der Waals surface area contributed by atoms with Crippen molar-refractivity contribution in [2.24, 2.45) is 0 Å². The highest BCUT2D eigenvalue weighted by Crippen LogP contribution is 2.34. The van der Waals surface area contributed by atoms with E-state index in [1.165, 1.54) is 14.0 Å². The Morgan fingerprint density at radius 1 is 1.33 bits per heavy atom. The Morgan fingerprint density at radius 2 is 2.00 bits per heavy atom.